The molecule has 6 rings (SSSR count). The van der Waals surface area contributed by atoms with E-state index in [1.807, 2.05) is 6.92 Å². The zero-order chi connectivity index (χ0) is 45.4. The summed E-state index contributed by atoms with van der Waals surface area (Å²) in [7, 11) is 1.07. The van der Waals surface area contributed by atoms with Gasteiger partial charge in [0.25, 0.3) is 0 Å². The summed E-state index contributed by atoms with van der Waals surface area (Å²) in [5, 5.41) is 39.9. The van der Waals surface area contributed by atoms with Gasteiger partial charge in [0.15, 0.2) is 23.6 Å². The Labute approximate surface area is 359 Å². The fourth-order valence-electron chi connectivity index (χ4n) is 9.78. The van der Waals surface area contributed by atoms with Crippen LogP contribution in [0.5, 0.6) is 0 Å². The van der Waals surface area contributed by atoms with Crippen molar-refractivity contribution in [2.45, 2.75) is 121 Å². The molecular weight excluding hydrogens is 810 g/mol. The maximum Gasteiger partial charge on any atom is 0.508 e. The Morgan fingerprint density at radius 2 is 1.61 bits per heavy atom. The molecule has 1 heterocycles. The number of ketones is 1. The molecule has 0 spiro atoms. The average Bonchev–Trinajstić information content (AvgIpc) is 3.24. The van der Waals surface area contributed by atoms with Gasteiger partial charge in [0.05, 0.1) is 49.4 Å². The number of hydrogen-bond donors (Lipinski definition) is 4. The van der Waals surface area contributed by atoms with Gasteiger partial charge in [-0.2, -0.15) is 0 Å². The summed E-state index contributed by atoms with van der Waals surface area (Å²) in [6.07, 6.45) is -11.6. The highest BCUT2D eigenvalue weighted by molar-refractivity contribution is 5.95. The molecule has 2 bridgehead atoms. The predicted octanol–water partition coefficient (Wildman–Crippen LogP) is 4.05. The summed E-state index contributed by atoms with van der Waals surface area (Å²) in [6.45, 7) is 8.63. The Morgan fingerprint density at radius 3 is 2.19 bits per heavy atom. The van der Waals surface area contributed by atoms with Crippen LogP contribution in [0, 0.1) is 16.7 Å². The van der Waals surface area contributed by atoms with Crippen LogP contribution in [0.1, 0.15) is 89.2 Å². The minimum absolute atomic E-state index is 0.0291. The fourth-order valence-corrected chi connectivity index (χ4v) is 9.78. The van der Waals surface area contributed by atoms with Gasteiger partial charge in [0, 0.05) is 25.2 Å². The predicted molar refractivity (Wildman–Crippen MR) is 215 cm³/mol. The van der Waals surface area contributed by atoms with Crippen molar-refractivity contribution in [3.05, 3.63) is 82.9 Å². The lowest BCUT2D eigenvalue weighted by atomic mass is 9.44. The van der Waals surface area contributed by atoms with E-state index in [0.717, 1.165) is 20.5 Å². The molecule has 0 radical (unpaired) electrons. The maximum absolute atomic E-state index is 15.5. The second-order valence-corrected chi connectivity index (χ2v) is 17.1. The highest BCUT2D eigenvalue weighted by atomic mass is 16.8. The molecule has 4 aliphatic rings. The van der Waals surface area contributed by atoms with Crippen molar-refractivity contribution in [3.8, 4) is 0 Å². The number of aliphatic hydroxyl groups is 3. The number of unbranched alkanes of at least 4 members (excludes halogenated alkanes) is 1. The third kappa shape index (κ3) is 7.95. The molecule has 0 aromatic heterocycles. The first-order valence-corrected chi connectivity index (χ1v) is 20.6. The molecule has 62 heavy (non-hydrogen) atoms. The topological polar surface area (TPSA) is 240 Å². The van der Waals surface area contributed by atoms with E-state index < -0.39 is 113 Å². The molecule has 0 unspecified atom stereocenters. The molecule has 11 atom stereocenters. The number of aliphatic hydroxyl groups excluding tert-OH is 2. The first kappa shape index (κ1) is 46.2. The van der Waals surface area contributed by atoms with Gasteiger partial charge in [-0.05, 0) is 49.1 Å². The number of esters is 3. The molecule has 2 aromatic rings. The highest BCUT2D eigenvalue weighted by Gasteiger charge is 2.78. The van der Waals surface area contributed by atoms with E-state index in [1.54, 1.807) is 48.5 Å². The highest BCUT2D eigenvalue weighted by Crippen LogP contribution is 2.64. The van der Waals surface area contributed by atoms with E-state index in [0.29, 0.717) is 12.0 Å². The minimum atomic E-state index is -2.43. The van der Waals surface area contributed by atoms with Crippen LogP contribution >= 0.6 is 0 Å². The van der Waals surface area contributed by atoms with Crippen LogP contribution < -0.4 is 5.32 Å². The van der Waals surface area contributed by atoms with Gasteiger partial charge in [-0.1, -0.05) is 75.7 Å². The lowest BCUT2D eigenvalue weighted by molar-refractivity contribution is -0.344. The van der Waals surface area contributed by atoms with Gasteiger partial charge in [-0.3, -0.25) is 9.59 Å². The zero-order valence-corrected chi connectivity index (χ0v) is 35.8. The second kappa shape index (κ2) is 17.8. The largest absolute Gasteiger partial charge is 0.508 e. The van der Waals surface area contributed by atoms with Gasteiger partial charge < -0.3 is 53.8 Å². The number of rotatable bonds is 12. The number of fused-ring (bicyclic) bond motifs is 5. The van der Waals surface area contributed by atoms with E-state index in [9.17, 15) is 39.3 Å². The van der Waals surface area contributed by atoms with Crippen LogP contribution in [-0.4, -0.2) is 119 Å². The van der Waals surface area contributed by atoms with Crippen molar-refractivity contribution in [2.24, 2.45) is 16.7 Å². The van der Waals surface area contributed by atoms with Crippen molar-refractivity contribution >= 4 is 35.9 Å². The van der Waals surface area contributed by atoms with Crippen LogP contribution in [0.4, 0.5) is 9.59 Å². The molecule has 2 saturated carbocycles. The molecule has 17 nitrogen and oxygen atoms in total. The molecule has 17 heteroatoms. The van der Waals surface area contributed by atoms with Gasteiger partial charge in [-0.15, -0.1) is 0 Å². The van der Waals surface area contributed by atoms with Crippen LogP contribution in [-0.2, 0) is 47.5 Å². The summed E-state index contributed by atoms with van der Waals surface area (Å²) in [6, 6.07) is 14.5. The lowest BCUT2D eigenvalue weighted by Crippen LogP contribution is -2.82. The molecule has 3 fully saturated rings. The number of carbonyl (C=O) groups excluding carboxylic acids is 6. The quantitative estimate of drug-likeness (QED) is 0.102. The number of Topliss-reactive ketones (excluding diaryl/α,β-unsaturated/α-hetero) is 1. The monoisotopic (exact) mass is 865 g/mol. The maximum atomic E-state index is 15.5. The fraction of sp³-hybridized carbons (Fsp3) is 0.556. The smallest absolute Gasteiger partial charge is 0.456 e. The van der Waals surface area contributed by atoms with E-state index in [2.05, 4.69) is 5.32 Å². The van der Waals surface area contributed by atoms with Crippen molar-refractivity contribution < 1.29 is 77.2 Å². The molecule has 2 aromatic carbocycles. The standard InChI is InChI=1S/C45H55NO16/c1-8-9-20-57-40(53)46-32(26-16-12-10-13-17-26)33(49)39(52)60-28-22-45(55)37(61-38(51)27-18-14-11-15-19-27)35-43(6,29(48)21-30-44(35,23-58-30)62-41(54)56-7)36(50)34(59-25(3)47)31(24(28)2)42(45,4)5/h10-19,28-30,32-35,37,48-49,55H,8-9,20-23H2,1-7H3,(H,46,53)/t28-,29-,30+,32-,33+,34+,35-,37-,43+,44-,45+/m0/s1. The average molecular weight is 866 g/mol. The van der Waals surface area contributed by atoms with E-state index >= 15 is 4.79 Å². The van der Waals surface area contributed by atoms with Crippen LogP contribution in [0.3, 0.4) is 0 Å². The number of methoxy groups -OCH3 is 1. The van der Waals surface area contributed by atoms with Crippen LogP contribution in [0.2, 0.25) is 0 Å². The summed E-state index contributed by atoms with van der Waals surface area (Å²) in [5.41, 5.74) is -7.64. The molecular formula is C45H55NO16. The van der Waals surface area contributed by atoms with Crippen molar-refractivity contribution in [3.63, 3.8) is 0 Å². The normalized spacial score (nSPS) is 31.8. The third-order valence-electron chi connectivity index (χ3n) is 13.3. The van der Waals surface area contributed by atoms with E-state index in [-0.39, 0.29) is 36.3 Å². The lowest BCUT2D eigenvalue weighted by Gasteiger charge is -2.67. The van der Waals surface area contributed by atoms with Gasteiger partial charge in [0.1, 0.15) is 23.9 Å². The summed E-state index contributed by atoms with van der Waals surface area (Å²) in [4.78, 5) is 82.9. The Balaban J connectivity index is 1.53. The minimum Gasteiger partial charge on any atom is -0.456 e. The van der Waals surface area contributed by atoms with Crippen molar-refractivity contribution in [2.75, 3.05) is 20.3 Å². The third-order valence-corrected chi connectivity index (χ3v) is 13.3. The molecule has 1 amide bonds. The SMILES string of the molecule is CCCCOC(=O)N[C@@H](c1ccccc1)[C@@H](O)C(=O)O[C@H]1C[C@@]2(O)[C@@H](OC(=O)c3ccccc3)[C@@H]3[C@]4(OC(=O)OC)CO[C@@H]4C[C@H](O)[C@@]3(C)C(=O)[C@H](OC(C)=O)C(=C1C)C2(C)C. The number of hydrogen-bond acceptors (Lipinski definition) is 16. The molecule has 3 aliphatic carbocycles. The number of nitrogens with one attached hydrogen (secondary N) is 1. The van der Waals surface area contributed by atoms with Gasteiger partial charge >= 0.3 is 30.2 Å². The number of carbonyl (C=O) groups is 6. The Morgan fingerprint density at radius 1 is 0.968 bits per heavy atom. The number of alkyl carbamates (subject to hydrolysis) is 1. The summed E-state index contributed by atoms with van der Waals surface area (Å²) >= 11 is 0. The zero-order valence-electron chi connectivity index (χ0n) is 35.8. The summed E-state index contributed by atoms with van der Waals surface area (Å²) in [5.74, 6) is -5.67. The van der Waals surface area contributed by atoms with E-state index in [1.165, 1.54) is 39.8 Å². The molecule has 336 valence electrons. The van der Waals surface area contributed by atoms with E-state index in [4.69, 9.17) is 33.2 Å². The van der Waals surface area contributed by atoms with Crippen LogP contribution in [0.25, 0.3) is 0 Å². The number of benzene rings is 2. The first-order valence-electron chi connectivity index (χ1n) is 20.6. The summed E-state index contributed by atoms with van der Waals surface area (Å²) < 4.78 is 40.2. The Hall–Kier alpha value is -5.36. The first-order chi connectivity index (χ1) is 29.3. The molecule has 1 aliphatic heterocycles. The molecule has 4 N–H and O–H groups in total. The Kier molecular flexibility index (Phi) is 13.2. The van der Waals surface area contributed by atoms with Crippen LogP contribution in [0.15, 0.2) is 71.8 Å². The van der Waals surface area contributed by atoms with Gasteiger partial charge in [0.2, 0.25) is 0 Å². The van der Waals surface area contributed by atoms with Crippen molar-refractivity contribution in [1.29, 1.82) is 0 Å². The molecule has 1 saturated heterocycles. The Bertz CT molecular complexity index is 2070. The van der Waals surface area contributed by atoms with Crippen molar-refractivity contribution in [1.82, 2.24) is 5.32 Å². The van der Waals surface area contributed by atoms with Gasteiger partial charge in [-0.25, -0.2) is 19.2 Å². The number of ether oxygens (including phenoxy) is 7. The second-order valence-electron chi connectivity index (χ2n) is 17.1. The number of amides is 1.